The molecule has 0 radical (unpaired) electrons. The van der Waals surface area contributed by atoms with Gasteiger partial charge in [-0.05, 0) is 144 Å². The summed E-state index contributed by atoms with van der Waals surface area (Å²) in [6.07, 6.45) is 11.6. The van der Waals surface area contributed by atoms with E-state index in [0.29, 0.717) is 51.3 Å². The molecule has 18 heteroatoms. The number of cyclic esters (lactones) is 1. The highest BCUT2D eigenvalue weighted by molar-refractivity contribution is 7.09. The van der Waals surface area contributed by atoms with Crippen molar-refractivity contribution >= 4 is 17.3 Å². The van der Waals surface area contributed by atoms with E-state index in [2.05, 4.69) is 83.6 Å². The summed E-state index contributed by atoms with van der Waals surface area (Å²) in [4.78, 5) is 17.9. The van der Waals surface area contributed by atoms with Gasteiger partial charge in [-0.2, -0.15) is 0 Å². The quantitative estimate of drug-likeness (QED) is 0.0433. The summed E-state index contributed by atoms with van der Waals surface area (Å²) in [6, 6.07) is 3.16. The maximum atomic E-state index is 12.8. The average Bonchev–Trinajstić information content (AvgIpc) is 4.04. The van der Waals surface area contributed by atoms with Gasteiger partial charge in [0.15, 0.2) is 12.6 Å². The number of carbonyl (C=O) groups is 1. The van der Waals surface area contributed by atoms with E-state index in [1.807, 2.05) is 115 Å². The summed E-state index contributed by atoms with van der Waals surface area (Å²) in [5, 5.41) is 75.0. The predicted octanol–water partition coefficient (Wildman–Crippen LogP) is 7.88. The van der Waals surface area contributed by atoms with Crippen molar-refractivity contribution < 1.29 is 59.1 Å². The Kier molecular flexibility index (Phi) is 38.9. The lowest BCUT2D eigenvalue weighted by molar-refractivity contribution is -0.231. The van der Waals surface area contributed by atoms with E-state index >= 15 is 0 Å². The van der Waals surface area contributed by atoms with Crippen molar-refractivity contribution in [2.75, 3.05) is 47.5 Å². The molecule has 0 aliphatic carbocycles. The SMILES string of the molecule is C#C.CC(C)=CC=C(C)C.CC1CC(N(C)CCC2=CN(C(C)CF)N(C)N2)C(O)C(O)O1.CCC1OC(=O)C(C)C(C)C(C)CC(C)(O)CC(C(C)C)CN(C)C(C)C(O)C1O.CCOC(C)O.OCc1cccs1. The molecule has 4 heterocycles. The van der Waals surface area contributed by atoms with Crippen LogP contribution in [0.4, 0.5) is 4.39 Å². The lowest BCUT2D eigenvalue weighted by atomic mass is 9.75. The van der Waals surface area contributed by atoms with Crippen molar-refractivity contribution in [2.24, 2.45) is 29.6 Å². The van der Waals surface area contributed by atoms with Crippen LogP contribution in [-0.2, 0) is 25.6 Å². The molecule has 16 nitrogen and oxygen atoms in total. The van der Waals surface area contributed by atoms with Crippen LogP contribution in [0.5, 0.6) is 0 Å². The smallest absolute Gasteiger partial charge is 0.309 e. The topological polar surface area (TPSA) is 211 Å². The fourth-order valence-electron chi connectivity index (χ4n) is 8.78. The molecule has 8 N–H and O–H groups in total. The molecule has 0 saturated carbocycles. The van der Waals surface area contributed by atoms with Crippen molar-refractivity contribution in [3.05, 3.63) is 57.6 Å². The van der Waals surface area contributed by atoms with Crippen LogP contribution in [0.2, 0.25) is 0 Å². The van der Waals surface area contributed by atoms with Crippen molar-refractivity contribution in [1.29, 1.82) is 0 Å². The van der Waals surface area contributed by atoms with E-state index in [0.717, 1.165) is 17.0 Å². The maximum Gasteiger partial charge on any atom is 0.309 e. The van der Waals surface area contributed by atoms with Gasteiger partial charge >= 0.3 is 5.97 Å². The second-order valence-electron chi connectivity index (χ2n) is 21.9. The number of alkyl halides is 1. The van der Waals surface area contributed by atoms with E-state index in [1.54, 1.807) is 23.4 Å². The molecular weight excluding hydrogens is 994 g/mol. The Balaban J connectivity index is 0. The number of nitrogens with one attached hydrogen (secondary N) is 1. The number of rotatable bonds is 12. The number of hydrogen-bond acceptors (Lipinski definition) is 17. The Bertz CT molecular complexity index is 1760. The van der Waals surface area contributed by atoms with Crippen LogP contribution in [0.25, 0.3) is 0 Å². The molecule has 444 valence electrons. The molecule has 0 aromatic carbocycles. The minimum atomic E-state index is -1.15. The van der Waals surface area contributed by atoms with Crippen molar-refractivity contribution in [3.63, 3.8) is 0 Å². The van der Waals surface area contributed by atoms with E-state index in [9.17, 15) is 34.7 Å². The molecule has 3 aliphatic rings. The van der Waals surface area contributed by atoms with Gasteiger partial charge in [0.1, 0.15) is 25.0 Å². The maximum absolute atomic E-state index is 12.8. The molecule has 0 bridgehead atoms. The van der Waals surface area contributed by atoms with Gasteiger partial charge in [0.05, 0.1) is 36.4 Å². The number of hydrogen-bond donors (Lipinski definition) is 8. The second kappa shape index (κ2) is 39.4. The number of aliphatic hydroxyl groups excluding tert-OH is 6. The summed E-state index contributed by atoms with van der Waals surface area (Å²) >= 11 is 1.57. The number of likely N-dealkylation sites (N-methyl/N-ethyl adjacent to an activating group) is 2. The number of ether oxygens (including phenoxy) is 3. The fourth-order valence-corrected chi connectivity index (χ4v) is 9.34. The zero-order chi connectivity index (χ0) is 59.2. The molecule has 2 saturated heterocycles. The average molecular weight is 1100 g/mol. The monoisotopic (exact) mass is 1100 g/mol. The molecule has 0 spiro atoms. The summed E-state index contributed by atoms with van der Waals surface area (Å²) < 4.78 is 28.3. The van der Waals surface area contributed by atoms with Gasteiger partial charge in [-0.25, -0.2) is 4.39 Å². The number of halogens is 1. The molecule has 15 atom stereocenters. The number of nitrogens with zero attached hydrogens (tertiary/aromatic N) is 4. The summed E-state index contributed by atoms with van der Waals surface area (Å²) in [5.74, 6) is 0.0365. The Morgan fingerprint density at radius 3 is 2.00 bits per heavy atom. The van der Waals surface area contributed by atoms with Gasteiger partial charge in [0.2, 0.25) is 0 Å². The third-order valence-corrected chi connectivity index (χ3v) is 14.9. The van der Waals surface area contributed by atoms with Crippen LogP contribution >= 0.6 is 11.3 Å². The Labute approximate surface area is 463 Å². The fraction of sp³-hybridized carbons (Fsp3) is 0.776. The molecular formula is C58H108FN5O11S. The Morgan fingerprint density at radius 1 is 0.987 bits per heavy atom. The molecule has 1 aromatic heterocycles. The number of aliphatic hydroxyl groups is 7. The van der Waals surface area contributed by atoms with E-state index in [1.165, 1.54) is 11.1 Å². The number of hydrazine groups is 2. The standard InChI is InChI=1S/C24H47NO5.C15H29FN4O3.C8H14.C5H6OS.C4H10O2.C2H2/c1-10-20-22(27)21(26)18(7)25(9)13-19(14(2)3)12-24(8,29)11-15(4)16(5)17(6)23(28)30-20;1-10(8-16)20-9-12(17-19(20)4)5-6-18(3)13-7-11(2)23-15(22)14(13)21;1-7(2)5-6-8(3)4;6-4-5-2-1-3-7-5;1-3-6-4(2)5;1-2/h14-22,26-27,29H,10-13H2,1-9H3;9-11,13-15,17,21-22H,5-8H2,1-4H3;5-6H,1-4H3;1-3,6H,4H2;4-5H,3H2,1-2H3;1-2H. The number of allylic oxidation sites excluding steroid dienone is 4. The van der Waals surface area contributed by atoms with Gasteiger partial charge < -0.3 is 65.2 Å². The second-order valence-corrected chi connectivity index (χ2v) is 22.9. The van der Waals surface area contributed by atoms with E-state index in [4.69, 9.17) is 19.7 Å². The zero-order valence-electron chi connectivity index (χ0n) is 50.2. The molecule has 4 rings (SSSR count). The molecule has 1 aromatic rings. The number of terminal acetylenes is 1. The first kappa shape index (κ1) is 75.1. The highest BCUT2D eigenvalue weighted by Crippen LogP contribution is 2.35. The zero-order valence-corrected chi connectivity index (χ0v) is 51.0. The van der Waals surface area contributed by atoms with Crippen LogP contribution < -0.4 is 5.43 Å². The lowest BCUT2D eigenvalue weighted by Crippen LogP contribution is -2.54. The van der Waals surface area contributed by atoms with Crippen molar-refractivity contribution in [2.45, 2.75) is 216 Å². The Morgan fingerprint density at radius 2 is 1.57 bits per heavy atom. The summed E-state index contributed by atoms with van der Waals surface area (Å²) in [5.41, 5.74) is 6.05. The molecule has 3 aliphatic heterocycles. The third kappa shape index (κ3) is 29.3. The Hall–Kier alpha value is -3.00. The number of thiophene rings is 1. The van der Waals surface area contributed by atoms with Crippen molar-refractivity contribution in [3.8, 4) is 12.8 Å². The van der Waals surface area contributed by atoms with Crippen LogP contribution in [0.1, 0.15) is 148 Å². The first-order valence-corrected chi connectivity index (χ1v) is 28.1. The number of esters is 1. The largest absolute Gasteiger partial charge is 0.459 e. The van der Waals surface area contributed by atoms with Crippen LogP contribution in [0.3, 0.4) is 0 Å². The van der Waals surface area contributed by atoms with Gasteiger partial charge in [-0.1, -0.05) is 70.9 Å². The number of carbonyl (C=O) groups excluding carboxylic acids is 1. The normalized spacial score (nSPS) is 30.3. The molecule has 76 heavy (non-hydrogen) atoms. The predicted molar refractivity (Wildman–Crippen MR) is 307 cm³/mol. The van der Waals surface area contributed by atoms with Gasteiger partial charge in [-0.3, -0.25) is 9.80 Å². The van der Waals surface area contributed by atoms with Crippen molar-refractivity contribution in [1.82, 2.24) is 25.4 Å². The highest BCUT2D eigenvalue weighted by atomic mass is 32.1. The molecule has 2 fully saturated rings. The van der Waals surface area contributed by atoms with E-state index in [-0.39, 0.29) is 60.5 Å². The minimum Gasteiger partial charge on any atom is -0.459 e. The van der Waals surface area contributed by atoms with Crippen LogP contribution in [0, 0.1) is 42.4 Å². The lowest BCUT2D eigenvalue weighted by Gasteiger charge is -2.40. The van der Waals surface area contributed by atoms with Gasteiger partial charge in [0, 0.05) is 62.0 Å². The third-order valence-electron chi connectivity index (χ3n) is 14.0. The highest BCUT2D eigenvalue weighted by Gasteiger charge is 2.40. The molecule has 0 amide bonds. The minimum absolute atomic E-state index is 0.0211. The van der Waals surface area contributed by atoms with Gasteiger partial charge in [-0.15, -0.1) is 29.3 Å². The van der Waals surface area contributed by atoms with E-state index < -0.39 is 49.3 Å². The summed E-state index contributed by atoms with van der Waals surface area (Å²) in [7, 11) is 5.71. The van der Waals surface area contributed by atoms with Crippen LogP contribution in [0.15, 0.2) is 52.7 Å². The first-order valence-electron chi connectivity index (χ1n) is 27.2. The first-order chi connectivity index (χ1) is 35.4. The van der Waals surface area contributed by atoms with Gasteiger partial charge in [0.25, 0.3) is 0 Å². The van der Waals surface area contributed by atoms with Crippen LogP contribution in [-0.4, -0.2) is 176 Å². The summed E-state index contributed by atoms with van der Waals surface area (Å²) in [6.45, 7) is 33.2. The molecule has 15 unspecified atom stereocenters.